The number of amides is 2. The van der Waals surface area contributed by atoms with Gasteiger partial charge in [-0.2, -0.15) is 0 Å². The molecule has 0 aliphatic rings. The van der Waals surface area contributed by atoms with Crippen LogP contribution in [-0.4, -0.2) is 30.5 Å². The SMILES string of the molecule is COc1ccc2[nH]cc(CCNC(=O)c3ccc(NC(=O)Cc4ccccc4)cc3)c2c1. The lowest BCUT2D eigenvalue weighted by Gasteiger charge is -2.08. The van der Waals surface area contributed by atoms with Gasteiger partial charge in [0.2, 0.25) is 5.91 Å². The van der Waals surface area contributed by atoms with Crippen LogP contribution in [0.25, 0.3) is 10.9 Å². The number of benzene rings is 3. The molecule has 4 rings (SSSR count). The second-order valence-corrected chi connectivity index (χ2v) is 7.52. The largest absolute Gasteiger partial charge is 0.497 e. The fourth-order valence-electron chi connectivity index (χ4n) is 3.60. The molecule has 0 saturated carbocycles. The smallest absolute Gasteiger partial charge is 0.251 e. The molecule has 0 atom stereocenters. The zero-order chi connectivity index (χ0) is 22.3. The van der Waals surface area contributed by atoms with Crippen LogP contribution >= 0.6 is 0 Å². The maximum absolute atomic E-state index is 12.5. The van der Waals surface area contributed by atoms with Crippen LogP contribution in [0.1, 0.15) is 21.5 Å². The molecule has 0 aliphatic carbocycles. The maximum atomic E-state index is 12.5. The van der Waals surface area contributed by atoms with E-state index in [1.165, 1.54) is 0 Å². The third-order valence-electron chi connectivity index (χ3n) is 5.29. The van der Waals surface area contributed by atoms with Gasteiger partial charge in [0, 0.05) is 34.9 Å². The predicted molar refractivity (Wildman–Crippen MR) is 126 cm³/mol. The van der Waals surface area contributed by atoms with Crippen molar-refractivity contribution >= 4 is 28.4 Å². The molecule has 0 spiro atoms. The number of carbonyl (C=O) groups is 2. The Hall–Kier alpha value is -4.06. The highest BCUT2D eigenvalue weighted by atomic mass is 16.5. The van der Waals surface area contributed by atoms with E-state index in [-0.39, 0.29) is 11.8 Å². The first-order valence-electron chi connectivity index (χ1n) is 10.5. The van der Waals surface area contributed by atoms with Gasteiger partial charge in [-0.3, -0.25) is 9.59 Å². The van der Waals surface area contributed by atoms with Crippen molar-refractivity contribution in [2.45, 2.75) is 12.8 Å². The van der Waals surface area contributed by atoms with E-state index in [0.717, 1.165) is 27.8 Å². The number of aromatic amines is 1. The minimum absolute atomic E-state index is 0.0937. The normalized spacial score (nSPS) is 10.7. The summed E-state index contributed by atoms with van der Waals surface area (Å²) in [5.41, 5.74) is 4.32. The van der Waals surface area contributed by atoms with E-state index in [1.54, 1.807) is 31.4 Å². The average Bonchev–Trinajstić information content (AvgIpc) is 3.22. The minimum Gasteiger partial charge on any atom is -0.497 e. The summed E-state index contributed by atoms with van der Waals surface area (Å²) in [5, 5.41) is 6.90. The topological polar surface area (TPSA) is 83.2 Å². The standard InChI is InChI=1S/C26H25N3O3/c1-32-22-11-12-24-23(16-22)20(17-28-24)13-14-27-26(31)19-7-9-21(10-8-19)29-25(30)15-18-5-3-2-4-6-18/h2-12,16-17,28H,13-15H2,1H3,(H,27,31)(H,29,30). The van der Waals surface area contributed by atoms with Gasteiger partial charge in [0.05, 0.1) is 13.5 Å². The van der Waals surface area contributed by atoms with E-state index < -0.39 is 0 Å². The molecular weight excluding hydrogens is 402 g/mol. The third-order valence-corrected chi connectivity index (χ3v) is 5.29. The van der Waals surface area contributed by atoms with Gasteiger partial charge in [0.15, 0.2) is 0 Å². The number of methoxy groups -OCH3 is 1. The van der Waals surface area contributed by atoms with Gasteiger partial charge in [-0.25, -0.2) is 0 Å². The Kier molecular flexibility index (Phi) is 6.51. The molecule has 162 valence electrons. The average molecular weight is 428 g/mol. The fourth-order valence-corrected chi connectivity index (χ4v) is 3.60. The summed E-state index contributed by atoms with van der Waals surface area (Å²) in [4.78, 5) is 27.9. The lowest BCUT2D eigenvalue weighted by atomic mass is 10.1. The van der Waals surface area contributed by atoms with Crippen LogP contribution in [0.15, 0.2) is 79.0 Å². The second kappa shape index (κ2) is 9.83. The number of hydrogen-bond donors (Lipinski definition) is 3. The molecule has 0 fully saturated rings. The molecular formula is C26H25N3O3. The van der Waals surface area contributed by atoms with Crippen molar-refractivity contribution in [2.24, 2.45) is 0 Å². The number of aromatic nitrogens is 1. The van der Waals surface area contributed by atoms with Crippen molar-refractivity contribution in [1.82, 2.24) is 10.3 Å². The summed E-state index contributed by atoms with van der Waals surface area (Å²) < 4.78 is 5.30. The molecule has 0 aliphatic heterocycles. The van der Waals surface area contributed by atoms with Crippen molar-refractivity contribution in [3.05, 3.63) is 95.7 Å². The Labute approximate surface area is 186 Å². The van der Waals surface area contributed by atoms with Crippen LogP contribution in [0.4, 0.5) is 5.69 Å². The highest BCUT2D eigenvalue weighted by Gasteiger charge is 2.09. The van der Waals surface area contributed by atoms with E-state index in [2.05, 4.69) is 15.6 Å². The molecule has 0 bridgehead atoms. The summed E-state index contributed by atoms with van der Waals surface area (Å²) in [6.07, 6.45) is 2.97. The van der Waals surface area contributed by atoms with Crippen molar-refractivity contribution < 1.29 is 14.3 Å². The fraction of sp³-hybridized carbons (Fsp3) is 0.154. The third kappa shape index (κ3) is 5.16. The number of ether oxygens (including phenoxy) is 1. The number of anilines is 1. The van der Waals surface area contributed by atoms with E-state index >= 15 is 0 Å². The number of hydrogen-bond acceptors (Lipinski definition) is 3. The monoisotopic (exact) mass is 427 g/mol. The Morgan fingerprint density at radius 3 is 2.50 bits per heavy atom. The molecule has 4 aromatic rings. The van der Waals surface area contributed by atoms with Crippen LogP contribution in [0.5, 0.6) is 5.75 Å². The summed E-state index contributed by atoms with van der Waals surface area (Å²) in [6, 6.07) is 22.4. The van der Waals surface area contributed by atoms with Gasteiger partial charge in [-0.05, 0) is 60.0 Å². The molecule has 0 unspecified atom stereocenters. The van der Waals surface area contributed by atoms with Gasteiger partial charge < -0.3 is 20.4 Å². The highest BCUT2D eigenvalue weighted by Crippen LogP contribution is 2.23. The zero-order valence-electron chi connectivity index (χ0n) is 17.9. The van der Waals surface area contributed by atoms with Gasteiger partial charge >= 0.3 is 0 Å². The maximum Gasteiger partial charge on any atom is 0.251 e. The Bertz CT molecular complexity index is 1210. The number of nitrogens with one attached hydrogen (secondary N) is 3. The number of fused-ring (bicyclic) bond motifs is 1. The summed E-state index contributed by atoms with van der Waals surface area (Å²) in [6.45, 7) is 0.512. The molecule has 3 aromatic carbocycles. The summed E-state index contributed by atoms with van der Waals surface area (Å²) in [5.74, 6) is 0.562. The van der Waals surface area contributed by atoms with Crippen LogP contribution in [0.3, 0.4) is 0 Å². The molecule has 6 heteroatoms. The lowest BCUT2D eigenvalue weighted by Crippen LogP contribution is -2.25. The number of rotatable bonds is 8. The highest BCUT2D eigenvalue weighted by molar-refractivity contribution is 5.96. The Morgan fingerprint density at radius 1 is 0.969 bits per heavy atom. The van der Waals surface area contributed by atoms with E-state index in [1.807, 2.05) is 54.7 Å². The van der Waals surface area contributed by atoms with Crippen molar-refractivity contribution in [3.63, 3.8) is 0 Å². The van der Waals surface area contributed by atoms with E-state index in [4.69, 9.17) is 4.74 Å². The summed E-state index contributed by atoms with van der Waals surface area (Å²) in [7, 11) is 1.65. The number of carbonyl (C=O) groups excluding carboxylic acids is 2. The molecule has 0 saturated heterocycles. The first kappa shape index (κ1) is 21.2. The zero-order valence-corrected chi connectivity index (χ0v) is 17.9. The predicted octanol–water partition coefficient (Wildman–Crippen LogP) is 4.33. The lowest BCUT2D eigenvalue weighted by molar-refractivity contribution is -0.115. The van der Waals surface area contributed by atoms with Gasteiger partial charge in [-0.1, -0.05) is 30.3 Å². The second-order valence-electron chi connectivity index (χ2n) is 7.52. The van der Waals surface area contributed by atoms with Crippen molar-refractivity contribution in [1.29, 1.82) is 0 Å². The molecule has 2 amide bonds. The molecule has 32 heavy (non-hydrogen) atoms. The molecule has 6 nitrogen and oxygen atoms in total. The van der Waals surface area contributed by atoms with Crippen LogP contribution < -0.4 is 15.4 Å². The van der Waals surface area contributed by atoms with Gasteiger partial charge in [-0.15, -0.1) is 0 Å². The first-order chi connectivity index (χ1) is 15.6. The summed E-state index contributed by atoms with van der Waals surface area (Å²) >= 11 is 0. The minimum atomic E-state index is -0.149. The first-order valence-corrected chi connectivity index (χ1v) is 10.5. The van der Waals surface area contributed by atoms with Crippen LogP contribution in [0, 0.1) is 0 Å². The van der Waals surface area contributed by atoms with E-state index in [9.17, 15) is 9.59 Å². The molecule has 1 aromatic heterocycles. The van der Waals surface area contributed by atoms with Crippen molar-refractivity contribution in [3.8, 4) is 5.75 Å². The quantitative estimate of drug-likeness (QED) is 0.391. The van der Waals surface area contributed by atoms with Gasteiger partial charge in [0.1, 0.15) is 5.75 Å². The molecule has 1 heterocycles. The van der Waals surface area contributed by atoms with Crippen LogP contribution in [0.2, 0.25) is 0 Å². The van der Waals surface area contributed by atoms with E-state index in [0.29, 0.717) is 30.6 Å². The number of H-pyrrole nitrogens is 1. The Morgan fingerprint density at radius 2 is 1.75 bits per heavy atom. The van der Waals surface area contributed by atoms with Crippen LogP contribution in [-0.2, 0) is 17.6 Å². The molecule has 3 N–H and O–H groups in total. The van der Waals surface area contributed by atoms with Crippen molar-refractivity contribution in [2.75, 3.05) is 19.0 Å². The van der Waals surface area contributed by atoms with Gasteiger partial charge in [0.25, 0.3) is 5.91 Å². The Balaban J connectivity index is 1.29. The molecule has 0 radical (unpaired) electrons.